The Morgan fingerprint density at radius 1 is 0.567 bits per heavy atom. The number of anilines is 2. The second-order valence-corrected chi connectivity index (χ2v) is 8.35. The molecule has 2 heterocycles. The van der Waals surface area contributed by atoms with Gasteiger partial charge in [-0.25, -0.2) is 0 Å². The van der Waals surface area contributed by atoms with Crippen LogP contribution >= 0.6 is 0 Å². The van der Waals surface area contributed by atoms with E-state index in [4.69, 9.17) is 0 Å². The zero-order chi connectivity index (χ0) is 20.6. The van der Waals surface area contributed by atoms with E-state index in [9.17, 15) is 4.79 Å². The van der Waals surface area contributed by atoms with Gasteiger partial charge in [0, 0.05) is 37.6 Å². The van der Waals surface area contributed by atoms with Gasteiger partial charge in [-0.1, -0.05) is 36.4 Å². The zero-order valence-electron chi connectivity index (χ0n) is 17.8. The minimum absolute atomic E-state index is 0.00946. The van der Waals surface area contributed by atoms with Gasteiger partial charge in [0.2, 0.25) is 0 Å². The van der Waals surface area contributed by atoms with E-state index >= 15 is 0 Å². The summed E-state index contributed by atoms with van der Waals surface area (Å²) in [4.78, 5) is 17.1. The molecule has 156 valence electrons. The zero-order valence-corrected chi connectivity index (χ0v) is 17.8. The van der Waals surface area contributed by atoms with Crippen LogP contribution < -0.4 is 9.80 Å². The van der Waals surface area contributed by atoms with Crippen molar-refractivity contribution in [3.8, 4) is 0 Å². The lowest BCUT2D eigenvalue weighted by Gasteiger charge is -2.28. The number of hydrogen-bond donors (Lipinski definition) is 0. The fraction of sp³-hybridized carbons (Fsp3) is 0.370. The fourth-order valence-electron chi connectivity index (χ4n) is 4.31. The summed E-state index contributed by atoms with van der Waals surface area (Å²) in [6.45, 7) is 4.60. The highest BCUT2D eigenvalue weighted by Crippen LogP contribution is 2.22. The first-order valence-electron chi connectivity index (χ1n) is 11.4. The quantitative estimate of drug-likeness (QED) is 0.559. The van der Waals surface area contributed by atoms with Gasteiger partial charge >= 0.3 is 0 Å². The van der Waals surface area contributed by atoms with E-state index in [1.54, 1.807) is 12.2 Å². The highest BCUT2D eigenvalue weighted by molar-refractivity contribution is 6.04. The van der Waals surface area contributed by atoms with Crippen molar-refractivity contribution in [3.05, 3.63) is 71.8 Å². The smallest absolute Gasteiger partial charge is 0.178 e. The van der Waals surface area contributed by atoms with Gasteiger partial charge in [-0.05, 0) is 86.1 Å². The molecule has 0 N–H and O–H groups in total. The van der Waals surface area contributed by atoms with E-state index in [0.29, 0.717) is 0 Å². The molecular formula is C27H32N2O. The minimum Gasteiger partial charge on any atom is -0.372 e. The van der Waals surface area contributed by atoms with Crippen molar-refractivity contribution in [2.45, 2.75) is 38.5 Å². The second-order valence-electron chi connectivity index (χ2n) is 8.35. The molecule has 2 saturated heterocycles. The Morgan fingerprint density at radius 3 is 1.30 bits per heavy atom. The van der Waals surface area contributed by atoms with E-state index < -0.39 is 0 Å². The van der Waals surface area contributed by atoms with E-state index in [-0.39, 0.29) is 5.78 Å². The maximum Gasteiger partial charge on any atom is 0.178 e. The van der Waals surface area contributed by atoms with Crippen LogP contribution in [0.2, 0.25) is 0 Å². The molecule has 0 aromatic heterocycles. The summed E-state index contributed by atoms with van der Waals surface area (Å²) in [5, 5.41) is 0. The molecule has 2 aromatic rings. The Morgan fingerprint density at radius 2 is 0.933 bits per heavy atom. The van der Waals surface area contributed by atoms with Crippen LogP contribution in [-0.2, 0) is 4.79 Å². The van der Waals surface area contributed by atoms with Crippen LogP contribution in [-0.4, -0.2) is 32.0 Å². The first-order valence-corrected chi connectivity index (χ1v) is 11.4. The van der Waals surface area contributed by atoms with Crippen molar-refractivity contribution in [1.82, 2.24) is 0 Å². The highest BCUT2D eigenvalue weighted by Gasteiger charge is 2.11. The molecule has 2 fully saturated rings. The third-order valence-electron chi connectivity index (χ3n) is 6.11. The Hall–Kier alpha value is -2.81. The molecule has 4 rings (SSSR count). The van der Waals surface area contributed by atoms with Gasteiger partial charge < -0.3 is 9.80 Å². The molecule has 0 saturated carbocycles. The van der Waals surface area contributed by atoms with Gasteiger partial charge in [-0.2, -0.15) is 0 Å². The van der Waals surface area contributed by atoms with Crippen molar-refractivity contribution < 1.29 is 4.79 Å². The number of rotatable bonds is 6. The summed E-state index contributed by atoms with van der Waals surface area (Å²) < 4.78 is 0. The predicted molar refractivity (Wildman–Crippen MR) is 128 cm³/mol. The van der Waals surface area contributed by atoms with Crippen LogP contribution in [0.4, 0.5) is 11.4 Å². The summed E-state index contributed by atoms with van der Waals surface area (Å²) in [7, 11) is 0. The second kappa shape index (κ2) is 10.3. The van der Waals surface area contributed by atoms with Crippen LogP contribution in [0, 0.1) is 0 Å². The lowest BCUT2D eigenvalue weighted by Crippen LogP contribution is -2.29. The highest BCUT2D eigenvalue weighted by atomic mass is 16.1. The molecule has 0 unspecified atom stereocenters. The van der Waals surface area contributed by atoms with E-state index in [1.165, 1.54) is 49.9 Å². The number of nitrogens with zero attached hydrogens (tertiary/aromatic N) is 2. The van der Waals surface area contributed by atoms with Gasteiger partial charge in [0.25, 0.3) is 0 Å². The van der Waals surface area contributed by atoms with Crippen molar-refractivity contribution in [3.63, 3.8) is 0 Å². The number of ketones is 1. The van der Waals surface area contributed by atoms with Gasteiger partial charge in [0.15, 0.2) is 5.78 Å². The number of hydrogen-bond acceptors (Lipinski definition) is 3. The largest absolute Gasteiger partial charge is 0.372 e. The maximum atomic E-state index is 12.2. The number of allylic oxidation sites excluding steroid dienone is 2. The molecule has 0 bridgehead atoms. The molecule has 2 aliphatic rings. The van der Waals surface area contributed by atoms with E-state index in [0.717, 1.165) is 37.3 Å². The van der Waals surface area contributed by atoms with Gasteiger partial charge in [-0.3, -0.25) is 4.79 Å². The minimum atomic E-state index is 0.00946. The predicted octanol–water partition coefficient (Wildman–Crippen LogP) is 5.96. The van der Waals surface area contributed by atoms with Gasteiger partial charge in [0.05, 0.1) is 0 Å². The SMILES string of the molecule is O=C(C=Cc1ccc(N2CCCCC2)cc1)C=Cc1ccc(N2CCCCC2)cc1. The topological polar surface area (TPSA) is 23.6 Å². The summed E-state index contributed by atoms with van der Waals surface area (Å²) >= 11 is 0. The van der Waals surface area contributed by atoms with Crippen molar-refractivity contribution in [1.29, 1.82) is 0 Å². The Balaban J connectivity index is 1.30. The number of carbonyl (C=O) groups is 1. The summed E-state index contributed by atoms with van der Waals surface area (Å²) in [6.07, 6.45) is 14.9. The molecule has 0 atom stereocenters. The third-order valence-corrected chi connectivity index (χ3v) is 6.11. The maximum absolute atomic E-state index is 12.2. The van der Waals surface area contributed by atoms with Crippen LogP contribution in [0.25, 0.3) is 12.2 Å². The molecule has 0 amide bonds. The molecular weight excluding hydrogens is 368 g/mol. The summed E-state index contributed by atoms with van der Waals surface area (Å²) in [6, 6.07) is 17.0. The van der Waals surface area contributed by atoms with Crippen molar-refractivity contribution in [2.75, 3.05) is 36.0 Å². The standard InChI is InChI=1S/C27H32N2O/c30-27(17-11-23-7-13-25(14-8-23)28-19-3-1-4-20-28)18-12-24-9-15-26(16-10-24)29-21-5-2-6-22-29/h7-18H,1-6,19-22H2. The van der Waals surface area contributed by atoms with Crippen LogP contribution in [0.1, 0.15) is 49.7 Å². The van der Waals surface area contributed by atoms with Gasteiger partial charge in [-0.15, -0.1) is 0 Å². The third kappa shape index (κ3) is 5.63. The molecule has 30 heavy (non-hydrogen) atoms. The molecule has 0 aliphatic carbocycles. The summed E-state index contributed by atoms with van der Waals surface area (Å²) in [5.74, 6) is 0.00946. The lowest BCUT2D eigenvalue weighted by molar-refractivity contribution is -0.110. The van der Waals surface area contributed by atoms with Crippen molar-refractivity contribution in [2.24, 2.45) is 0 Å². The molecule has 0 spiro atoms. The van der Waals surface area contributed by atoms with Crippen LogP contribution in [0.5, 0.6) is 0 Å². The number of piperidine rings is 2. The molecule has 0 radical (unpaired) electrons. The molecule has 2 aliphatic heterocycles. The number of carbonyl (C=O) groups excluding carboxylic acids is 1. The average Bonchev–Trinajstić information content (AvgIpc) is 2.83. The van der Waals surface area contributed by atoms with E-state index in [2.05, 4.69) is 58.3 Å². The Labute approximate surface area is 180 Å². The first-order chi connectivity index (χ1) is 14.8. The average molecular weight is 401 g/mol. The summed E-state index contributed by atoms with van der Waals surface area (Å²) in [5.41, 5.74) is 4.68. The van der Waals surface area contributed by atoms with Crippen LogP contribution in [0.3, 0.4) is 0 Å². The Bertz CT molecular complexity index is 795. The molecule has 3 nitrogen and oxygen atoms in total. The van der Waals surface area contributed by atoms with Crippen molar-refractivity contribution >= 4 is 29.3 Å². The molecule has 3 heteroatoms. The molecule has 2 aromatic carbocycles. The van der Waals surface area contributed by atoms with E-state index in [1.807, 2.05) is 12.2 Å². The number of benzene rings is 2. The Kier molecular flexibility index (Phi) is 7.02. The monoisotopic (exact) mass is 400 g/mol. The van der Waals surface area contributed by atoms with Gasteiger partial charge in [0.1, 0.15) is 0 Å². The normalized spacial score (nSPS) is 17.7. The first kappa shape index (κ1) is 20.5. The fourth-order valence-corrected chi connectivity index (χ4v) is 4.31. The lowest BCUT2D eigenvalue weighted by atomic mass is 10.1. The van der Waals surface area contributed by atoms with Crippen LogP contribution in [0.15, 0.2) is 60.7 Å².